The van der Waals surface area contributed by atoms with Gasteiger partial charge < -0.3 is 4.48 Å². The van der Waals surface area contributed by atoms with Crippen LogP contribution >= 0.6 is 0 Å². The van der Waals surface area contributed by atoms with Crippen LogP contribution in [0.3, 0.4) is 0 Å². The van der Waals surface area contributed by atoms with E-state index in [0.717, 1.165) is 13.0 Å². The number of hydrogen-bond acceptors (Lipinski definition) is 2. The van der Waals surface area contributed by atoms with Gasteiger partial charge in [0.25, 0.3) is 10.1 Å². The summed E-state index contributed by atoms with van der Waals surface area (Å²) in [4.78, 5) is 0. The van der Waals surface area contributed by atoms with E-state index < -0.39 is 15.4 Å². The van der Waals surface area contributed by atoms with Gasteiger partial charge in [0.2, 0.25) is 0 Å². The molecule has 0 aliphatic carbocycles. The first-order valence-corrected chi connectivity index (χ1v) is 12.5. The summed E-state index contributed by atoms with van der Waals surface area (Å²) >= 11 is 0. The molecule has 0 saturated heterocycles. The fourth-order valence-corrected chi connectivity index (χ4v) is 4.21. The average molecular weight is 393 g/mol. The molecular formula is C21H46NO3S+. The molecule has 0 spiro atoms. The van der Waals surface area contributed by atoms with Gasteiger partial charge in [0.1, 0.15) is 5.25 Å². The third kappa shape index (κ3) is 16.1. The largest absolute Gasteiger partial charge is 0.327 e. The highest BCUT2D eigenvalue weighted by Crippen LogP contribution is 2.14. The van der Waals surface area contributed by atoms with Crippen molar-refractivity contribution < 1.29 is 17.5 Å². The lowest BCUT2D eigenvalue weighted by molar-refractivity contribution is -0.890. The second kappa shape index (κ2) is 14.9. The van der Waals surface area contributed by atoms with Crippen LogP contribution in [0.15, 0.2) is 0 Å². The maximum absolute atomic E-state index is 11.2. The summed E-state index contributed by atoms with van der Waals surface area (Å²) < 4.78 is 32.1. The predicted molar refractivity (Wildman–Crippen MR) is 113 cm³/mol. The molecule has 0 radical (unpaired) electrons. The molecule has 0 aliphatic heterocycles. The van der Waals surface area contributed by atoms with E-state index in [0.29, 0.717) is 11.0 Å². The number of nitrogens with zero attached hydrogens (tertiary/aromatic N) is 1. The smallest absolute Gasteiger partial charge is 0.273 e. The van der Waals surface area contributed by atoms with Crippen LogP contribution in [-0.2, 0) is 10.1 Å². The second-order valence-corrected chi connectivity index (χ2v) is 10.6. The molecule has 0 aromatic carbocycles. The number of rotatable bonds is 18. The Morgan fingerprint density at radius 3 is 1.42 bits per heavy atom. The second-order valence-electron chi connectivity index (χ2n) is 8.76. The summed E-state index contributed by atoms with van der Waals surface area (Å²) in [5.41, 5.74) is 0. The molecule has 158 valence electrons. The molecule has 1 unspecified atom stereocenters. The zero-order chi connectivity index (χ0) is 19.9. The van der Waals surface area contributed by atoms with Crippen molar-refractivity contribution in [3.8, 4) is 0 Å². The van der Waals surface area contributed by atoms with Crippen LogP contribution in [0.2, 0.25) is 0 Å². The summed E-state index contributed by atoms with van der Waals surface area (Å²) in [6.45, 7) is 5.29. The van der Waals surface area contributed by atoms with E-state index in [4.69, 9.17) is 4.55 Å². The maximum Gasteiger partial charge on any atom is 0.273 e. The quantitative estimate of drug-likeness (QED) is 0.182. The van der Waals surface area contributed by atoms with Crippen molar-refractivity contribution >= 4 is 10.1 Å². The fraction of sp³-hybridized carbons (Fsp3) is 1.00. The van der Waals surface area contributed by atoms with Crippen molar-refractivity contribution in [1.82, 2.24) is 0 Å². The van der Waals surface area contributed by atoms with Gasteiger partial charge in [-0.2, -0.15) is 8.42 Å². The third-order valence-corrected chi connectivity index (χ3v) is 6.54. The van der Waals surface area contributed by atoms with Gasteiger partial charge in [0, 0.05) is 0 Å². The molecule has 4 nitrogen and oxygen atoms in total. The van der Waals surface area contributed by atoms with E-state index in [-0.39, 0.29) is 0 Å². The van der Waals surface area contributed by atoms with Gasteiger partial charge in [0.05, 0.1) is 27.2 Å². The Labute approximate surface area is 164 Å². The Balaban J connectivity index is 3.45. The minimum Gasteiger partial charge on any atom is -0.327 e. The molecule has 26 heavy (non-hydrogen) atoms. The van der Waals surface area contributed by atoms with Gasteiger partial charge in [0.15, 0.2) is 0 Å². The molecular weight excluding hydrogens is 346 g/mol. The highest BCUT2D eigenvalue weighted by molar-refractivity contribution is 7.86. The van der Waals surface area contributed by atoms with E-state index >= 15 is 0 Å². The summed E-state index contributed by atoms with van der Waals surface area (Å²) in [7, 11) is 0.181. The van der Waals surface area contributed by atoms with Crippen LogP contribution in [0, 0.1) is 0 Å². The molecule has 5 heteroatoms. The molecule has 0 amide bonds. The van der Waals surface area contributed by atoms with Crippen molar-refractivity contribution in [3.63, 3.8) is 0 Å². The van der Waals surface area contributed by atoms with Crippen LogP contribution in [0.1, 0.15) is 104 Å². The molecule has 0 aromatic rings. The highest BCUT2D eigenvalue weighted by atomic mass is 32.2. The lowest BCUT2D eigenvalue weighted by Gasteiger charge is -2.31. The van der Waals surface area contributed by atoms with E-state index in [1.165, 1.54) is 83.5 Å². The first-order chi connectivity index (χ1) is 12.2. The van der Waals surface area contributed by atoms with Gasteiger partial charge in [-0.25, -0.2) is 0 Å². The topological polar surface area (TPSA) is 54.4 Å². The summed E-state index contributed by atoms with van der Waals surface area (Å²) in [5, 5.41) is -0.691. The maximum atomic E-state index is 11.2. The minimum absolute atomic E-state index is 0.470. The van der Waals surface area contributed by atoms with E-state index in [1.54, 1.807) is 6.92 Å². The van der Waals surface area contributed by atoms with Gasteiger partial charge >= 0.3 is 0 Å². The van der Waals surface area contributed by atoms with Gasteiger partial charge in [-0.15, -0.1) is 0 Å². The lowest BCUT2D eigenvalue weighted by atomic mass is 10.0. The van der Waals surface area contributed by atoms with Crippen molar-refractivity contribution in [3.05, 3.63) is 0 Å². The van der Waals surface area contributed by atoms with E-state index in [1.807, 2.05) is 14.1 Å². The Morgan fingerprint density at radius 1 is 0.731 bits per heavy atom. The zero-order valence-corrected chi connectivity index (χ0v) is 18.8. The first kappa shape index (κ1) is 25.9. The zero-order valence-electron chi connectivity index (χ0n) is 18.0. The monoisotopic (exact) mass is 392 g/mol. The highest BCUT2D eigenvalue weighted by Gasteiger charge is 2.26. The molecule has 0 aliphatic rings. The Kier molecular flexibility index (Phi) is 14.8. The molecule has 1 N–H and O–H groups in total. The normalized spacial score (nSPS) is 13.9. The fourth-order valence-electron chi connectivity index (χ4n) is 3.62. The minimum atomic E-state index is -3.91. The van der Waals surface area contributed by atoms with Crippen LogP contribution < -0.4 is 0 Å². The van der Waals surface area contributed by atoms with E-state index in [9.17, 15) is 8.42 Å². The number of quaternary nitrogens is 1. The summed E-state index contributed by atoms with van der Waals surface area (Å²) in [6.07, 6.45) is 18.9. The van der Waals surface area contributed by atoms with Crippen molar-refractivity contribution in [2.24, 2.45) is 0 Å². The molecule has 1 atom stereocenters. The molecule has 0 aromatic heterocycles. The Morgan fingerprint density at radius 2 is 1.08 bits per heavy atom. The molecule has 0 rings (SSSR count). The SMILES string of the molecule is CCCCCCCCCCCCCCCC[N+](C)(C)CC(C)S(=O)(=O)O. The molecule has 0 saturated carbocycles. The number of unbranched alkanes of at least 4 members (excludes halogenated alkanes) is 13. The molecule has 0 heterocycles. The third-order valence-electron chi connectivity index (χ3n) is 5.38. The van der Waals surface area contributed by atoms with Gasteiger partial charge in [-0.05, 0) is 19.8 Å². The Bertz CT molecular complexity index is 421. The lowest BCUT2D eigenvalue weighted by Crippen LogP contribution is -2.47. The number of hydrogen-bond donors (Lipinski definition) is 1. The molecule has 0 bridgehead atoms. The standard InChI is InChI=1S/C21H45NO3S/c1-5-6-7-8-9-10-11-12-13-14-15-16-17-18-19-22(3,4)20-21(2)26(23,24)25/h21H,5-20H2,1-4H3/p+1. The van der Waals surface area contributed by atoms with Crippen LogP contribution in [-0.4, -0.2) is 49.9 Å². The average Bonchev–Trinajstić information content (AvgIpc) is 2.53. The van der Waals surface area contributed by atoms with Gasteiger partial charge in [-0.3, -0.25) is 4.55 Å². The summed E-state index contributed by atoms with van der Waals surface area (Å²) in [5.74, 6) is 0. The predicted octanol–water partition coefficient (Wildman–Crippen LogP) is 5.82. The Hall–Kier alpha value is -0.130. The van der Waals surface area contributed by atoms with Crippen molar-refractivity contribution in [1.29, 1.82) is 0 Å². The van der Waals surface area contributed by atoms with Crippen molar-refractivity contribution in [2.45, 2.75) is 109 Å². The van der Waals surface area contributed by atoms with Crippen LogP contribution in [0.4, 0.5) is 0 Å². The summed E-state index contributed by atoms with van der Waals surface area (Å²) in [6, 6.07) is 0. The molecule has 0 fully saturated rings. The van der Waals surface area contributed by atoms with Gasteiger partial charge in [-0.1, -0.05) is 84.0 Å². The van der Waals surface area contributed by atoms with Crippen LogP contribution in [0.25, 0.3) is 0 Å². The first-order valence-electron chi connectivity index (χ1n) is 11.0. The van der Waals surface area contributed by atoms with Crippen molar-refractivity contribution in [2.75, 3.05) is 27.2 Å². The van der Waals surface area contributed by atoms with E-state index in [2.05, 4.69) is 6.92 Å². The van der Waals surface area contributed by atoms with Crippen LogP contribution in [0.5, 0.6) is 0 Å².